The summed E-state index contributed by atoms with van der Waals surface area (Å²) in [5.74, 6) is -0.241. The van der Waals surface area contributed by atoms with E-state index in [4.69, 9.17) is 9.84 Å². The molecular formula is C14H18O4. The van der Waals surface area contributed by atoms with Gasteiger partial charge in [-0.25, -0.2) is 0 Å². The Bertz CT molecular complexity index is 495. The third-order valence-corrected chi connectivity index (χ3v) is 3.71. The van der Waals surface area contributed by atoms with E-state index >= 15 is 0 Å². The van der Waals surface area contributed by atoms with E-state index in [1.807, 2.05) is 26.0 Å². The van der Waals surface area contributed by atoms with Crippen LogP contribution in [0.2, 0.25) is 0 Å². The van der Waals surface area contributed by atoms with Crippen LogP contribution in [0, 0.1) is 13.8 Å². The molecule has 1 aromatic rings. The van der Waals surface area contributed by atoms with Crippen molar-refractivity contribution in [3.8, 4) is 5.75 Å². The molecule has 2 N–H and O–H groups in total. The summed E-state index contributed by atoms with van der Waals surface area (Å²) in [6, 6.07) is 3.92. The molecule has 0 saturated carbocycles. The van der Waals surface area contributed by atoms with Crippen molar-refractivity contribution in [2.24, 2.45) is 0 Å². The van der Waals surface area contributed by atoms with Gasteiger partial charge in [0.15, 0.2) is 0 Å². The number of aliphatic carboxylic acids is 1. The van der Waals surface area contributed by atoms with E-state index < -0.39 is 17.7 Å². The molecular weight excluding hydrogens is 232 g/mol. The number of ether oxygens (including phenoxy) is 1. The average molecular weight is 250 g/mol. The standard InChI is InChI=1S/C14H18O4/c1-8-4-5-10-6-11(15)14(3,7-12(16)17)18-13(10)9(8)2/h4-5,11,15H,6-7H2,1-3H3,(H,16,17). The quantitative estimate of drug-likeness (QED) is 0.840. The van der Waals surface area contributed by atoms with E-state index in [2.05, 4.69) is 0 Å². The van der Waals surface area contributed by atoms with Gasteiger partial charge in [-0.3, -0.25) is 4.79 Å². The first-order valence-corrected chi connectivity index (χ1v) is 6.01. The summed E-state index contributed by atoms with van der Waals surface area (Å²) < 4.78 is 5.82. The molecule has 0 bridgehead atoms. The lowest BCUT2D eigenvalue weighted by Crippen LogP contribution is -2.50. The molecule has 2 unspecified atom stereocenters. The summed E-state index contributed by atoms with van der Waals surface area (Å²) >= 11 is 0. The second-order valence-corrected chi connectivity index (χ2v) is 5.20. The Kier molecular flexibility index (Phi) is 3.07. The molecule has 98 valence electrons. The normalized spacial score (nSPS) is 26.3. The Morgan fingerprint density at radius 3 is 2.78 bits per heavy atom. The first-order valence-electron chi connectivity index (χ1n) is 6.01. The Morgan fingerprint density at radius 2 is 2.17 bits per heavy atom. The summed E-state index contributed by atoms with van der Waals surface area (Å²) in [5, 5.41) is 19.0. The van der Waals surface area contributed by atoms with Crippen molar-refractivity contribution in [1.29, 1.82) is 0 Å². The first kappa shape index (κ1) is 12.9. The number of carboxylic acid groups (broad SMARTS) is 1. The van der Waals surface area contributed by atoms with Crippen LogP contribution in [0.3, 0.4) is 0 Å². The molecule has 0 spiro atoms. The number of benzene rings is 1. The van der Waals surface area contributed by atoms with Crippen molar-refractivity contribution in [2.75, 3.05) is 0 Å². The van der Waals surface area contributed by atoms with E-state index in [-0.39, 0.29) is 6.42 Å². The number of carbonyl (C=O) groups is 1. The average Bonchev–Trinajstić information content (AvgIpc) is 2.26. The van der Waals surface area contributed by atoms with Crippen molar-refractivity contribution < 1.29 is 19.7 Å². The second kappa shape index (κ2) is 4.28. The monoisotopic (exact) mass is 250 g/mol. The minimum atomic E-state index is -1.06. The predicted molar refractivity (Wildman–Crippen MR) is 66.9 cm³/mol. The van der Waals surface area contributed by atoms with Crippen LogP contribution in [0.15, 0.2) is 12.1 Å². The van der Waals surface area contributed by atoms with E-state index in [1.165, 1.54) is 0 Å². The number of aryl methyl sites for hydroxylation is 1. The Hall–Kier alpha value is -1.55. The van der Waals surface area contributed by atoms with Crippen LogP contribution in [0.25, 0.3) is 0 Å². The topological polar surface area (TPSA) is 66.8 Å². The van der Waals surface area contributed by atoms with E-state index in [9.17, 15) is 9.90 Å². The Labute approximate surface area is 106 Å². The van der Waals surface area contributed by atoms with Crippen LogP contribution in [-0.4, -0.2) is 27.9 Å². The highest BCUT2D eigenvalue weighted by atomic mass is 16.5. The SMILES string of the molecule is Cc1ccc2c(c1C)OC(C)(CC(=O)O)C(O)C2. The third kappa shape index (κ3) is 2.08. The molecule has 4 nitrogen and oxygen atoms in total. The maximum Gasteiger partial charge on any atom is 0.307 e. The van der Waals surface area contributed by atoms with Crippen molar-refractivity contribution in [1.82, 2.24) is 0 Å². The van der Waals surface area contributed by atoms with Crippen molar-refractivity contribution >= 4 is 5.97 Å². The number of hydrogen-bond donors (Lipinski definition) is 2. The molecule has 0 amide bonds. The van der Waals surface area contributed by atoms with Crippen LogP contribution in [-0.2, 0) is 11.2 Å². The molecule has 18 heavy (non-hydrogen) atoms. The maximum atomic E-state index is 10.9. The van der Waals surface area contributed by atoms with Crippen molar-refractivity contribution in [3.63, 3.8) is 0 Å². The third-order valence-electron chi connectivity index (χ3n) is 3.71. The molecule has 0 radical (unpaired) electrons. The van der Waals surface area contributed by atoms with Crippen LogP contribution < -0.4 is 4.74 Å². The number of aliphatic hydroxyl groups excluding tert-OH is 1. The fourth-order valence-electron chi connectivity index (χ4n) is 2.33. The van der Waals surface area contributed by atoms with Gasteiger partial charge < -0.3 is 14.9 Å². The number of carboxylic acids is 1. The largest absolute Gasteiger partial charge is 0.484 e. The highest BCUT2D eigenvalue weighted by Gasteiger charge is 2.42. The lowest BCUT2D eigenvalue weighted by Gasteiger charge is -2.39. The van der Waals surface area contributed by atoms with Gasteiger partial charge in [-0.2, -0.15) is 0 Å². The lowest BCUT2D eigenvalue weighted by atomic mass is 9.85. The number of fused-ring (bicyclic) bond motifs is 1. The zero-order valence-electron chi connectivity index (χ0n) is 10.9. The molecule has 2 atom stereocenters. The van der Waals surface area contributed by atoms with E-state index in [1.54, 1.807) is 6.92 Å². The first-order chi connectivity index (χ1) is 8.33. The van der Waals surface area contributed by atoms with Crippen LogP contribution >= 0.6 is 0 Å². The summed E-state index contributed by atoms with van der Waals surface area (Å²) in [7, 11) is 0. The highest BCUT2D eigenvalue weighted by molar-refractivity contribution is 5.68. The van der Waals surface area contributed by atoms with Gasteiger partial charge in [-0.15, -0.1) is 0 Å². The number of rotatable bonds is 2. The Morgan fingerprint density at radius 1 is 1.50 bits per heavy atom. The second-order valence-electron chi connectivity index (χ2n) is 5.20. The van der Waals surface area contributed by atoms with Crippen molar-refractivity contribution in [2.45, 2.75) is 45.3 Å². The molecule has 0 saturated heterocycles. The molecule has 0 fully saturated rings. The van der Waals surface area contributed by atoms with Crippen LogP contribution in [0.4, 0.5) is 0 Å². The van der Waals surface area contributed by atoms with Gasteiger partial charge in [0.2, 0.25) is 0 Å². The summed E-state index contributed by atoms with van der Waals surface area (Å²) in [6.07, 6.45) is -0.579. The summed E-state index contributed by atoms with van der Waals surface area (Å²) in [4.78, 5) is 10.9. The molecule has 1 aromatic carbocycles. The number of aliphatic hydroxyl groups is 1. The fourth-order valence-corrected chi connectivity index (χ4v) is 2.33. The van der Waals surface area contributed by atoms with Gasteiger partial charge in [0, 0.05) is 6.42 Å². The molecule has 1 heterocycles. The summed E-state index contributed by atoms with van der Waals surface area (Å²) in [6.45, 7) is 5.59. The van der Waals surface area contributed by atoms with Gasteiger partial charge in [0.25, 0.3) is 0 Å². The molecule has 1 aliphatic rings. The molecule has 2 rings (SSSR count). The molecule has 0 aliphatic carbocycles. The smallest absolute Gasteiger partial charge is 0.307 e. The van der Waals surface area contributed by atoms with Gasteiger partial charge in [-0.05, 0) is 37.5 Å². The molecule has 1 aliphatic heterocycles. The zero-order valence-corrected chi connectivity index (χ0v) is 10.9. The Balaban J connectivity index is 2.42. The van der Waals surface area contributed by atoms with Gasteiger partial charge >= 0.3 is 5.97 Å². The van der Waals surface area contributed by atoms with Crippen LogP contribution in [0.5, 0.6) is 5.75 Å². The minimum absolute atomic E-state index is 0.207. The predicted octanol–water partition coefficient (Wildman–Crippen LogP) is 1.83. The summed E-state index contributed by atoms with van der Waals surface area (Å²) in [5.41, 5.74) is 1.99. The molecule has 4 heteroatoms. The van der Waals surface area contributed by atoms with Crippen molar-refractivity contribution in [3.05, 3.63) is 28.8 Å². The maximum absolute atomic E-state index is 10.9. The fraction of sp³-hybridized carbons (Fsp3) is 0.500. The molecule has 0 aromatic heterocycles. The number of hydrogen-bond acceptors (Lipinski definition) is 3. The minimum Gasteiger partial charge on any atom is -0.484 e. The van der Waals surface area contributed by atoms with E-state index in [0.29, 0.717) is 6.42 Å². The lowest BCUT2D eigenvalue weighted by molar-refractivity contribution is -0.146. The van der Waals surface area contributed by atoms with Gasteiger partial charge in [-0.1, -0.05) is 12.1 Å². The van der Waals surface area contributed by atoms with E-state index in [0.717, 1.165) is 22.4 Å². The zero-order chi connectivity index (χ0) is 13.5. The van der Waals surface area contributed by atoms with Gasteiger partial charge in [0.1, 0.15) is 11.4 Å². The highest BCUT2D eigenvalue weighted by Crippen LogP contribution is 2.38. The van der Waals surface area contributed by atoms with Gasteiger partial charge in [0.05, 0.1) is 12.5 Å². The van der Waals surface area contributed by atoms with Crippen LogP contribution in [0.1, 0.15) is 30.0 Å².